The van der Waals surface area contributed by atoms with Crippen molar-refractivity contribution in [3.63, 3.8) is 0 Å². The Balaban J connectivity index is 1.75. The van der Waals surface area contributed by atoms with Crippen LogP contribution in [0.15, 0.2) is 103 Å². The van der Waals surface area contributed by atoms with E-state index in [2.05, 4.69) is 12.1 Å². The zero-order valence-corrected chi connectivity index (χ0v) is 26.4. The third-order valence-corrected chi connectivity index (χ3v) is 10.2. The molecule has 43 heavy (non-hydrogen) atoms. The van der Waals surface area contributed by atoms with E-state index in [9.17, 15) is 0 Å². The van der Waals surface area contributed by atoms with Crippen molar-refractivity contribution in [3.05, 3.63) is 148 Å². The standard InChI is InChI=1S/C37H37O5P/c1-25-14-11-15-26(2)35(25)40-43(41-36-27(3)16-12-17-28(36)4,42-37-29(5)18-13-19-30(37)6)38-33-22-9-7-20-31(33)24-32-21-8-10-23-34(32)39-43/h7-23H,24H2,1-6H3. The van der Waals surface area contributed by atoms with Crippen molar-refractivity contribution in [3.8, 4) is 28.7 Å². The molecule has 6 heteroatoms. The molecule has 0 aliphatic carbocycles. The Hall–Kier alpha value is -4.47. The molecule has 5 aromatic carbocycles. The van der Waals surface area contributed by atoms with E-state index < -0.39 is 7.74 Å². The molecule has 6 rings (SSSR count). The van der Waals surface area contributed by atoms with Gasteiger partial charge >= 0.3 is 255 Å². The number of hydrogen-bond donors (Lipinski definition) is 0. The Morgan fingerprint density at radius 1 is 0.419 bits per heavy atom. The summed E-state index contributed by atoms with van der Waals surface area (Å²) in [6.07, 6.45) is 0.606. The van der Waals surface area contributed by atoms with Gasteiger partial charge in [-0.05, 0) is 0 Å². The molecule has 1 heterocycles. The van der Waals surface area contributed by atoms with E-state index in [1.165, 1.54) is 0 Å². The first-order chi connectivity index (χ1) is 20.7. The van der Waals surface area contributed by atoms with Gasteiger partial charge in [-0.25, -0.2) is 0 Å². The van der Waals surface area contributed by atoms with Crippen LogP contribution in [0.5, 0.6) is 28.7 Å². The fourth-order valence-corrected chi connectivity index (χ4v) is 8.60. The molecule has 0 spiro atoms. The van der Waals surface area contributed by atoms with E-state index in [0.29, 0.717) is 35.2 Å². The Morgan fingerprint density at radius 2 is 0.721 bits per heavy atom. The molecule has 5 aromatic rings. The van der Waals surface area contributed by atoms with Crippen molar-refractivity contribution in [2.24, 2.45) is 0 Å². The van der Waals surface area contributed by atoms with Gasteiger partial charge in [0.25, 0.3) is 0 Å². The minimum absolute atomic E-state index is 0.568. The SMILES string of the molecule is Cc1cccc(C)c1OP1(Oc2c(C)cccc2C)(Oc2c(C)cccc2C)Oc2ccccc2Cc2ccccc2O1. The number of rotatable bonds is 6. The Bertz CT molecular complexity index is 1580. The summed E-state index contributed by atoms with van der Waals surface area (Å²) in [5.41, 5.74) is 7.32. The third-order valence-electron chi connectivity index (χ3n) is 7.77. The van der Waals surface area contributed by atoms with Gasteiger partial charge in [-0.3, -0.25) is 0 Å². The number of benzene rings is 5. The Labute approximate surface area is 254 Å². The van der Waals surface area contributed by atoms with Gasteiger partial charge in [0.15, 0.2) is 0 Å². The first kappa shape index (κ1) is 28.6. The molecule has 1 aliphatic heterocycles. The molecule has 220 valence electrons. The van der Waals surface area contributed by atoms with Crippen LogP contribution < -0.4 is 22.6 Å². The summed E-state index contributed by atoms with van der Waals surface area (Å²) >= 11 is 0. The topological polar surface area (TPSA) is 46.2 Å². The van der Waals surface area contributed by atoms with Crippen LogP contribution >= 0.6 is 7.74 Å². The minimum atomic E-state index is -5.26. The molecule has 0 atom stereocenters. The fraction of sp³-hybridized carbons (Fsp3) is 0.189. The predicted molar refractivity (Wildman–Crippen MR) is 173 cm³/mol. The molecule has 0 fully saturated rings. The van der Waals surface area contributed by atoms with E-state index in [-0.39, 0.29) is 0 Å². The molecule has 5 nitrogen and oxygen atoms in total. The van der Waals surface area contributed by atoms with Gasteiger partial charge in [-0.15, -0.1) is 0 Å². The third kappa shape index (κ3) is 5.42. The molecular formula is C37H37O5P. The molecule has 0 saturated heterocycles. The average molecular weight is 593 g/mol. The maximum atomic E-state index is 7.21. The summed E-state index contributed by atoms with van der Waals surface area (Å²) in [5, 5.41) is 0. The maximum absolute atomic E-state index is 7.21. The molecule has 0 aromatic heterocycles. The predicted octanol–water partition coefficient (Wildman–Crippen LogP) is 10.3. The molecule has 1 aliphatic rings. The molecule has 0 radical (unpaired) electrons. The second kappa shape index (κ2) is 11.0. The fourth-order valence-electron chi connectivity index (χ4n) is 5.47. The van der Waals surface area contributed by atoms with E-state index in [0.717, 1.165) is 44.5 Å². The molecule has 0 unspecified atom stereocenters. The summed E-state index contributed by atoms with van der Waals surface area (Å²) in [6.45, 7) is 12.0. The normalized spacial score (nSPS) is 15.5. The first-order valence-electron chi connectivity index (χ1n) is 14.5. The first-order valence-corrected chi connectivity index (χ1v) is 16.4. The van der Waals surface area contributed by atoms with Crippen LogP contribution in [0.4, 0.5) is 0 Å². The van der Waals surface area contributed by atoms with Crippen molar-refractivity contribution in [1.29, 1.82) is 0 Å². The van der Waals surface area contributed by atoms with Crippen molar-refractivity contribution >= 4 is 7.74 Å². The summed E-state index contributed by atoms with van der Waals surface area (Å²) in [7, 11) is -5.26. The van der Waals surface area contributed by atoms with E-state index >= 15 is 0 Å². The summed E-state index contributed by atoms with van der Waals surface area (Å²) in [5.74, 6) is 2.87. The van der Waals surface area contributed by atoms with Crippen LogP contribution in [0.3, 0.4) is 0 Å². The van der Waals surface area contributed by atoms with Gasteiger partial charge < -0.3 is 0 Å². The second-order valence-corrected chi connectivity index (χ2v) is 13.7. The average Bonchev–Trinajstić information content (AvgIpc) is 2.97. The molecule has 0 saturated carbocycles. The number of para-hydroxylation sites is 5. The monoisotopic (exact) mass is 592 g/mol. The van der Waals surface area contributed by atoms with Crippen LogP contribution in [0.2, 0.25) is 0 Å². The van der Waals surface area contributed by atoms with Crippen molar-refractivity contribution in [2.45, 2.75) is 48.0 Å². The van der Waals surface area contributed by atoms with Gasteiger partial charge in [0.2, 0.25) is 0 Å². The number of hydrogen-bond acceptors (Lipinski definition) is 5. The van der Waals surface area contributed by atoms with Gasteiger partial charge in [0.05, 0.1) is 0 Å². The molecule has 0 N–H and O–H groups in total. The number of aryl methyl sites for hydroxylation is 6. The second-order valence-electron chi connectivity index (χ2n) is 11.3. The van der Waals surface area contributed by atoms with Crippen LogP contribution in [-0.2, 0) is 6.42 Å². The Morgan fingerprint density at radius 3 is 1.05 bits per heavy atom. The van der Waals surface area contributed by atoms with Gasteiger partial charge in [0, 0.05) is 0 Å². The van der Waals surface area contributed by atoms with Crippen molar-refractivity contribution in [2.75, 3.05) is 0 Å². The van der Waals surface area contributed by atoms with E-state index in [1.807, 2.05) is 133 Å². The molecule has 0 bridgehead atoms. The Kier molecular flexibility index (Phi) is 7.31. The van der Waals surface area contributed by atoms with Gasteiger partial charge in [0.1, 0.15) is 0 Å². The van der Waals surface area contributed by atoms with E-state index in [4.69, 9.17) is 22.6 Å². The van der Waals surface area contributed by atoms with Crippen molar-refractivity contribution in [1.82, 2.24) is 0 Å². The summed E-state index contributed by atoms with van der Waals surface area (Å²) < 4.78 is 35.9. The zero-order chi connectivity index (χ0) is 30.2. The van der Waals surface area contributed by atoms with Crippen LogP contribution in [0.25, 0.3) is 0 Å². The summed E-state index contributed by atoms with van der Waals surface area (Å²) in [6, 6.07) is 33.8. The molecule has 0 amide bonds. The van der Waals surface area contributed by atoms with Gasteiger partial charge in [-0.2, -0.15) is 0 Å². The van der Waals surface area contributed by atoms with Gasteiger partial charge in [-0.1, -0.05) is 0 Å². The molecular weight excluding hydrogens is 555 g/mol. The van der Waals surface area contributed by atoms with Crippen molar-refractivity contribution < 1.29 is 22.6 Å². The van der Waals surface area contributed by atoms with Crippen LogP contribution in [0.1, 0.15) is 44.5 Å². The van der Waals surface area contributed by atoms with E-state index in [1.54, 1.807) is 0 Å². The quantitative estimate of drug-likeness (QED) is 0.184. The zero-order valence-electron chi connectivity index (χ0n) is 25.5. The van der Waals surface area contributed by atoms with Crippen LogP contribution in [0, 0.1) is 41.5 Å². The number of fused-ring (bicyclic) bond motifs is 2. The summed E-state index contributed by atoms with van der Waals surface area (Å²) in [4.78, 5) is 0. The van der Waals surface area contributed by atoms with Crippen LogP contribution in [-0.4, -0.2) is 0 Å².